The minimum atomic E-state index is 0.323. The van der Waals surface area contributed by atoms with E-state index in [4.69, 9.17) is 0 Å². The zero-order chi connectivity index (χ0) is 15.6. The average Bonchev–Trinajstić information content (AvgIpc) is 2.56. The van der Waals surface area contributed by atoms with Gasteiger partial charge < -0.3 is 5.32 Å². The normalized spacial score (nSPS) is 12.3. The number of unbranched alkanes of at least 4 members (excludes halogenated alkanes) is 2. The van der Waals surface area contributed by atoms with Crippen molar-refractivity contribution in [3.05, 3.63) is 60.2 Å². The molecule has 1 N–H and O–H groups in total. The maximum atomic E-state index is 3.54. The van der Waals surface area contributed by atoms with E-state index in [1.165, 1.54) is 29.2 Å². The van der Waals surface area contributed by atoms with E-state index >= 15 is 0 Å². The Balaban J connectivity index is 1.90. The highest BCUT2D eigenvalue weighted by Gasteiger charge is 2.07. The Morgan fingerprint density at radius 1 is 1.14 bits per heavy atom. The Morgan fingerprint density at radius 3 is 2.82 bits per heavy atom. The van der Waals surface area contributed by atoms with Crippen LogP contribution in [0, 0.1) is 11.8 Å². The predicted octanol–water partition coefficient (Wildman–Crippen LogP) is 5.24. The second-order valence-electron chi connectivity index (χ2n) is 5.53. The van der Waals surface area contributed by atoms with Crippen LogP contribution in [0.4, 0.5) is 0 Å². The molecule has 1 unspecified atom stereocenters. The quantitative estimate of drug-likeness (QED) is 0.567. The topological polar surface area (TPSA) is 12.0 Å². The van der Waals surface area contributed by atoms with Crippen LogP contribution in [0.25, 0.3) is 10.8 Å². The standard InChI is InChI=1S/C21H25N/c1-3-4-5-6-7-8-11-17-22-18(2)20-16-12-14-19-13-9-10-15-21(19)20/h8-16,18,22H,3-5,17H2,1-2H3/b11-8+. The lowest BCUT2D eigenvalue weighted by Gasteiger charge is -2.15. The van der Waals surface area contributed by atoms with Gasteiger partial charge >= 0.3 is 0 Å². The molecular formula is C21H25N. The van der Waals surface area contributed by atoms with Gasteiger partial charge in [0.25, 0.3) is 0 Å². The number of hydrogen-bond donors (Lipinski definition) is 1. The van der Waals surface area contributed by atoms with Gasteiger partial charge in [-0.15, -0.1) is 0 Å². The number of rotatable bonds is 6. The van der Waals surface area contributed by atoms with E-state index in [0.717, 1.165) is 13.0 Å². The van der Waals surface area contributed by atoms with Gasteiger partial charge in [-0.1, -0.05) is 73.7 Å². The Hall–Kier alpha value is -2.04. The number of nitrogens with one attached hydrogen (secondary N) is 1. The first-order valence-electron chi connectivity index (χ1n) is 8.17. The summed E-state index contributed by atoms with van der Waals surface area (Å²) in [6, 6.07) is 15.4. The molecule has 0 aliphatic heterocycles. The molecule has 114 valence electrons. The van der Waals surface area contributed by atoms with Crippen LogP contribution in [0.5, 0.6) is 0 Å². The Kier molecular flexibility index (Phi) is 6.74. The summed E-state index contributed by atoms with van der Waals surface area (Å²) in [4.78, 5) is 0. The van der Waals surface area contributed by atoms with E-state index in [9.17, 15) is 0 Å². The fraction of sp³-hybridized carbons (Fsp3) is 0.333. The zero-order valence-corrected chi connectivity index (χ0v) is 13.6. The first-order valence-corrected chi connectivity index (χ1v) is 8.17. The Morgan fingerprint density at radius 2 is 1.95 bits per heavy atom. The number of allylic oxidation sites excluding steroid dienone is 1. The van der Waals surface area contributed by atoms with Gasteiger partial charge in [-0.3, -0.25) is 0 Å². The summed E-state index contributed by atoms with van der Waals surface area (Å²) in [5.74, 6) is 6.26. The molecule has 0 bridgehead atoms. The summed E-state index contributed by atoms with van der Waals surface area (Å²) < 4.78 is 0. The van der Waals surface area contributed by atoms with Crippen LogP contribution < -0.4 is 5.32 Å². The molecule has 0 radical (unpaired) electrons. The lowest BCUT2D eigenvalue weighted by molar-refractivity contribution is 0.621. The molecule has 0 amide bonds. The first-order chi connectivity index (χ1) is 10.8. The molecule has 0 heterocycles. The highest BCUT2D eigenvalue weighted by Crippen LogP contribution is 2.23. The van der Waals surface area contributed by atoms with Gasteiger partial charge in [0, 0.05) is 19.0 Å². The maximum Gasteiger partial charge on any atom is 0.0300 e. The molecule has 0 saturated carbocycles. The highest BCUT2D eigenvalue weighted by atomic mass is 14.9. The smallest absolute Gasteiger partial charge is 0.0300 e. The predicted molar refractivity (Wildman–Crippen MR) is 96.8 cm³/mol. The molecule has 2 aromatic carbocycles. The van der Waals surface area contributed by atoms with E-state index in [1.54, 1.807) is 0 Å². The lowest BCUT2D eigenvalue weighted by Crippen LogP contribution is -2.18. The third kappa shape index (κ3) is 4.76. The number of benzene rings is 2. The van der Waals surface area contributed by atoms with Crippen LogP contribution >= 0.6 is 0 Å². The number of hydrogen-bond acceptors (Lipinski definition) is 1. The average molecular weight is 291 g/mol. The van der Waals surface area contributed by atoms with Crippen molar-refractivity contribution in [1.29, 1.82) is 0 Å². The molecular weight excluding hydrogens is 266 g/mol. The van der Waals surface area contributed by atoms with E-state index in [-0.39, 0.29) is 0 Å². The van der Waals surface area contributed by atoms with Crippen molar-refractivity contribution in [2.75, 3.05) is 6.54 Å². The SMILES string of the molecule is CCCCC#C/C=C/CNC(C)c1cccc2ccccc12. The van der Waals surface area contributed by atoms with Crippen LogP contribution in [0.3, 0.4) is 0 Å². The van der Waals surface area contributed by atoms with Crippen molar-refractivity contribution in [3.8, 4) is 11.8 Å². The molecule has 22 heavy (non-hydrogen) atoms. The molecule has 0 aliphatic carbocycles. The van der Waals surface area contributed by atoms with Crippen molar-refractivity contribution in [2.45, 2.75) is 39.2 Å². The monoisotopic (exact) mass is 291 g/mol. The molecule has 1 heteroatoms. The van der Waals surface area contributed by atoms with Crippen molar-refractivity contribution in [3.63, 3.8) is 0 Å². The van der Waals surface area contributed by atoms with Crippen LogP contribution in [-0.4, -0.2) is 6.54 Å². The summed E-state index contributed by atoms with van der Waals surface area (Å²) in [5.41, 5.74) is 1.35. The second-order valence-corrected chi connectivity index (χ2v) is 5.53. The molecule has 2 aromatic rings. The van der Waals surface area contributed by atoms with Gasteiger partial charge in [-0.2, -0.15) is 0 Å². The van der Waals surface area contributed by atoms with Gasteiger partial charge in [-0.25, -0.2) is 0 Å². The van der Waals surface area contributed by atoms with Gasteiger partial charge in [-0.05, 0) is 35.8 Å². The summed E-state index contributed by atoms with van der Waals surface area (Å²) >= 11 is 0. The summed E-state index contributed by atoms with van der Waals surface area (Å²) in [5, 5.41) is 6.16. The molecule has 0 aliphatic rings. The zero-order valence-electron chi connectivity index (χ0n) is 13.6. The van der Waals surface area contributed by atoms with E-state index < -0.39 is 0 Å². The van der Waals surface area contributed by atoms with Crippen LogP contribution in [0.15, 0.2) is 54.6 Å². The molecule has 1 atom stereocenters. The minimum Gasteiger partial charge on any atom is -0.307 e. The molecule has 2 rings (SSSR count). The van der Waals surface area contributed by atoms with E-state index in [0.29, 0.717) is 6.04 Å². The fourth-order valence-electron chi connectivity index (χ4n) is 2.50. The van der Waals surface area contributed by atoms with Crippen molar-refractivity contribution in [1.82, 2.24) is 5.32 Å². The van der Waals surface area contributed by atoms with Gasteiger partial charge in [0.05, 0.1) is 0 Å². The largest absolute Gasteiger partial charge is 0.307 e. The lowest BCUT2D eigenvalue weighted by atomic mass is 10.00. The minimum absolute atomic E-state index is 0.323. The van der Waals surface area contributed by atoms with E-state index in [2.05, 4.69) is 79.5 Å². The van der Waals surface area contributed by atoms with Gasteiger partial charge in [0.15, 0.2) is 0 Å². The fourth-order valence-corrected chi connectivity index (χ4v) is 2.50. The van der Waals surface area contributed by atoms with Crippen molar-refractivity contribution < 1.29 is 0 Å². The Bertz CT molecular complexity index is 668. The van der Waals surface area contributed by atoms with Crippen LogP contribution in [0.1, 0.15) is 44.7 Å². The molecule has 0 aromatic heterocycles. The third-order valence-corrected chi connectivity index (χ3v) is 3.79. The van der Waals surface area contributed by atoms with Crippen molar-refractivity contribution in [2.24, 2.45) is 0 Å². The summed E-state index contributed by atoms with van der Waals surface area (Å²) in [6.07, 6.45) is 7.46. The second kappa shape index (κ2) is 9.07. The summed E-state index contributed by atoms with van der Waals surface area (Å²) in [7, 11) is 0. The third-order valence-electron chi connectivity index (χ3n) is 3.79. The van der Waals surface area contributed by atoms with Crippen LogP contribution in [-0.2, 0) is 0 Å². The van der Waals surface area contributed by atoms with Crippen molar-refractivity contribution >= 4 is 10.8 Å². The maximum absolute atomic E-state index is 3.54. The Labute approximate surface area is 134 Å². The van der Waals surface area contributed by atoms with Crippen LogP contribution in [0.2, 0.25) is 0 Å². The number of fused-ring (bicyclic) bond motifs is 1. The van der Waals surface area contributed by atoms with Gasteiger partial charge in [0.2, 0.25) is 0 Å². The molecule has 0 fully saturated rings. The van der Waals surface area contributed by atoms with E-state index in [1.807, 2.05) is 6.08 Å². The molecule has 0 saturated heterocycles. The summed E-state index contributed by atoms with van der Waals surface area (Å²) in [6.45, 7) is 5.24. The molecule has 0 spiro atoms. The highest BCUT2D eigenvalue weighted by molar-refractivity contribution is 5.86. The van der Waals surface area contributed by atoms with Gasteiger partial charge in [0.1, 0.15) is 0 Å². The first kappa shape index (κ1) is 16.3. The molecule has 1 nitrogen and oxygen atoms in total.